The summed E-state index contributed by atoms with van der Waals surface area (Å²) in [6.07, 6.45) is -4.62. The highest BCUT2D eigenvalue weighted by molar-refractivity contribution is 5.87. The van der Waals surface area contributed by atoms with Crippen LogP contribution in [0.1, 0.15) is 87.0 Å². The number of halogens is 3. The van der Waals surface area contributed by atoms with E-state index in [1.54, 1.807) is 20.8 Å². The molecule has 2 aliphatic carbocycles. The van der Waals surface area contributed by atoms with Gasteiger partial charge in [0.15, 0.2) is 5.72 Å². The van der Waals surface area contributed by atoms with Gasteiger partial charge in [-0.2, -0.15) is 13.2 Å². The van der Waals surface area contributed by atoms with Gasteiger partial charge in [0.25, 0.3) is 5.72 Å². The van der Waals surface area contributed by atoms with Gasteiger partial charge in [-0.1, -0.05) is 41.5 Å². The summed E-state index contributed by atoms with van der Waals surface area (Å²) in [5.74, 6) is -1.56. The fourth-order valence-corrected chi connectivity index (χ4v) is 5.60. The highest BCUT2D eigenvalue weighted by atomic mass is 19.4. The van der Waals surface area contributed by atoms with Crippen LogP contribution in [0, 0.1) is 10.8 Å². The molecule has 9 heteroatoms. The molecule has 2 spiro atoms. The van der Waals surface area contributed by atoms with Gasteiger partial charge in [-0.25, -0.2) is 0 Å². The Kier molecular flexibility index (Phi) is 4.99. The molecule has 3 fully saturated rings. The molecule has 3 rings (SSSR count). The van der Waals surface area contributed by atoms with Crippen molar-refractivity contribution in [1.82, 2.24) is 9.80 Å². The summed E-state index contributed by atoms with van der Waals surface area (Å²) < 4.78 is 44.6. The monoisotopic (exact) mass is 448 g/mol. The van der Waals surface area contributed by atoms with Gasteiger partial charge in [0.1, 0.15) is 5.54 Å². The molecule has 1 aliphatic heterocycles. The van der Waals surface area contributed by atoms with Crippen LogP contribution in [-0.4, -0.2) is 60.5 Å². The Morgan fingerprint density at radius 3 is 1.35 bits per heavy atom. The Labute approximate surface area is 181 Å². The molecular formula is C22H35F3N2O4. The van der Waals surface area contributed by atoms with Crippen molar-refractivity contribution in [3.63, 3.8) is 0 Å². The van der Waals surface area contributed by atoms with Gasteiger partial charge in [-0.3, -0.25) is 14.5 Å². The van der Waals surface area contributed by atoms with Crippen LogP contribution in [0.4, 0.5) is 13.2 Å². The third-order valence-corrected chi connectivity index (χ3v) is 7.59. The lowest BCUT2D eigenvalue weighted by atomic mass is 9.55. The second-order valence-corrected chi connectivity index (χ2v) is 11.7. The van der Waals surface area contributed by atoms with Crippen molar-refractivity contribution in [2.24, 2.45) is 10.8 Å². The standard InChI is InChI=1S/C22H35F3N2O4/c1-16(2,3)14(28)26-18(7,30)19(10-8-11-19)27(15(29)17(4,5)6)21(31,22(23,24)25)20(26)12-9-13-20/h30-31H,8-13H2,1-7H3/t18-,21-/m0/s1. The molecule has 1 heterocycles. The molecule has 0 radical (unpaired) electrons. The van der Waals surface area contributed by atoms with Crippen LogP contribution in [0.2, 0.25) is 0 Å². The topological polar surface area (TPSA) is 81.1 Å². The van der Waals surface area contributed by atoms with Crippen LogP contribution < -0.4 is 0 Å². The Morgan fingerprint density at radius 1 is 0.742 bits per heavy atom. The van der Waals surface area contributed by atoms with Gasteiger partial charge in [-0.15, -0.1) is 0 Å². The first kappa shape index (κ1) is 24.3. The van der Waals surface area contributed by atoms with Gasteiger partial charge in [-0.05, 0) is 45.4 Å². The number of alkyl halides is 3. The van der Waals surface area contributed by atoms with Gasteiger partial charge < -0.3 is 15.1 Å². The predicted molar refractivity (Wildman–Crippen MR) is 107 cm³/mol. The van der Waals surface area contributed by atoms with E-state index < -0.39 is 51.3 Å². The maximum atomic E-state index is 14.9. The van der Waals surface area contributed by atoms with Crippen molar-refractivity contribution >= 4 is 11.8 Å². The number of hydrogen-bond acceptors (Lipinski definition) is 4. The van der Waals surface area contributed by atoms with Gasteiger partial charge in [0, 0.05) is 10.8 Å². The average Bonchev–Trinajstić information content (AvgIpc) is 2.47. The number of nitrogens with zero attached hydrogens (tertiary/aromatic N) is 2. The molecule has 2 atom stereocenters. The number of piperazine rings is 1. The van der Waals surface area contributed by atoms with E-state index in [-0.39, 0.29) is 25.7 Å². The Hall–Kier alpha value is -1.35. The molecule has 2 amide bonds. The number of carbonyl (C=O) groups excluding carboxylic acids is 2. The zero-order valence-electron chi connectivity index (χ0n) is 19.5. The smallest absolute Gasteiger partial charge is 0.369 e. The number of rotatable bonds is 0. The number of carbonyl (C=O) groups is 2. The van der Waals surface area contributed by atoms with Gasteiger partial charge >= 0.3 is 6.18 Å². The molecule has 0 aromatic heterocycles. The Balaban J connectivity index is 2.40. The van der Waals surface area contributed by atoms with E-state index in [4.69, 9.17) is 0 Å². The van der Waals surface area contributed by atoms with E-state index in [2.05, 4.69) is 0 Å². The molecule has 0 aromatic carbocycles. The first-order valence-corrected chi connectivity index (χ1v) is 10.9. The van der Waals surface area contributed by atoms with Crippen molar-refractivity contribution in [3.05, 3.63) is 0 Å². The lowest BCUT2D eigenvalue weighted by Gasteiger charge is -2.76. The fraction of sp³-hybridized carbons (Fsp3) is 0.909. The maximum absolute atomic E-state index is 14.9. The van der Waals surface area contributed by atoms with Crippen molar-refractivity contribution in [2.45, 2.75) is 116 Å². The lowest BCUT2D eigenvalue weighted by molar-refractivity contribution is -0.436. The average molecular weight is 449 g/mol. The highest BCUT2D eigenvalue weighted by Crippen LogP contribution is 2.66. The van der Waals surface area contributed by atoms with Crippen molar-refractivity contribution in [3.8, 4) is 0 Å². The molecule has 6 nitrogen and oxygen atoms in total. The van der Waals surface area contributed by atoms with Crippen LogP contribution in [0.15, 0.2) is 0 Å². The summed E-state index contributed by atoms with van der Waals surface area (Å²) in [5, 5.41) is 23.5. The molecule has 3 aliphatic rings. The second-order valence-electron chi connectivity index (χ2n) is 11.7. The van der Waals surface area contributed by atoms with E-state index in [1.165, 1.54) is 27.7 Å². The van der Waals surface area contributed by atoms with Crippen LogP contribution in [0.25, 0.3) is 0 Å². The van der Waals surface area contributed by atoms with E-state index in [9.17, 15) is 33.0 Å². The number of aliphatic hydroxyl groups is 2. The van der Waals surface area contributed by atoms with Crippen molar-refractivity contribution in [2.75, 3.05) is 0 Å². The molecule has 0 unspecified atom stereocenters. The first-order valence-electron chi connectivity index (χ1n) is 10.9. The summed E-state index contributed by atoms with van der Waals surface area (Å²) in [7, 11) is 0. The predicted octanol–water partition coefficient (Wildman–Crippen LogP) is 3.55. The van der Waals surface area contributed by atoms with Crippen LogP contribution in [0.3, 0.4) is 0 Å². The molecule has 31 heavy (non-hydrogen) atoms. The SMILES string of the molecule is CC(C)(C)C(=O)N1C2(CCC2)[C@](C)(O)N(C(=O)C(C)(C)C)C2(CCC2)[C@]1(O)C(F)(F)F. The second kappa shape index (κ2) is 6.37. The Morgan fingerprint density at radius 2 is 1.10 bits per heavy atom. The van der Waals surface area contributed by atoms with E-state index in [1.807, 2.05) is 0 Å². The van der Waals surface area contributed by atoms with E-state index >= 15 is 0 Å². The van der Waals surface area contributed by atoms with E-state index in [0.717, 1.165) is 4.90 Å². The minimum atomic E-state index is -5.23. The Bertz CT molecular complexity index is 786. The summed E-state index contributed by atoms with van der Waals surface area (Å²) >= 11 is 0. The largest absolute Gasteiger partial charge is 0.439 e. The molecule has 0 bridgehead atoms. The summed E-state index contributed by atoms with van der Waals surface area (Å²) in [6, 6.07) is 0. The molecule has 1 saturated heterocycles. The quantitative estimate of drug-likeness (QED) is 0.594. The molecule has 2 N–H and O–H groups in total. The van der Waals surface area contributed by atoms with Crippen LogP contribution in [-0.2, 0) is 9.59 Å². The molecule has 2 saturated carbocycles. The summed E-state index contributed by atoms with van der Waals surface area (Å²) in [6.45, 7) is 10.5. The third-order valence-electron chi connectivity index (χ3n) is 7.59. The zero-order valence-corrected chi connectivity index (χ0v) is 19.5. The minimum Gasteiger partial charge on any atom is -0.369 e. The molecular weight excluding hydrogens is 413 g/mol. The fourth-order valence-electron chi connectivity index (χ4n) is 5.60. The molecule has 178 valence electrons. The number of hydrogen-bond donors (Lipinski definition) is 2. The minimum absolute atomic E-state index is 0.0597. The lowest BCUT2D eigenvalue weighted by Crippen LogP contribution is -2.95. The van der Waals surface area contributed by atoms with Gasteiger partial charge in [0.05, 0.1) is 5.54 Å². The summed E-state index contributed by atoms with van der Waals surface area (Å²) in [4.78, 5) is 28.5. The third kappa shape index (κ3) is 2.77. The zero-order chi connectivity index (χ0) is 24.1. The van der Waals surface area contributed by atoms with Crippen LogP contribution >= 0.6 is 0 Å². The van der Waals surface area contributed by atoms with E-state index in [0.29, 0.717) is 17.7 Å². The van der Waals surface area contributed by atoms with Gasteiger partial charge in [0.2, 0.25) is 11.8 Å². The van der Waals surface area contributed by atoms with Crippen LogP contribution in [0.5, 0.6) is 0 Å². The van der Waals surface area contributed by atoms with Crippen molar-refractivity contribution < 1.29 is 33.0 Å². The number of amides is 2. The first-order chi connectivity index (χ1) is 13.7. The normalized spacial score (nSPS) is 32.6. The highest BCUT2D eigenvalue weighted by Gasteiger charge is 2.85. The molecule has 0 aromatic rings. The van der Waals surface area contributed by atoms with Crippen molar-refractivity contribution in [1.29, 1.82) is 0 Å². The maximum Gasteiger partial charge on any atom is 0.439 e. The summed E-state index contributed by atoms with van der Waals surface area (Å²) in [5.41, 5.74) is -11.9.